The summed E-state index contributed by atoms with van der Waals surface area (Å²) in [4.78, 5) is 24.1. The molecule has 28 heavy (non-hydrogen) atoms. The van der Waals surface area contributed by atoms with Crippen LogP contribution in [0.3, 0.4) is 0 Å². The summed E-state index contributed by atoms with van der Waals surface area (Å²) >= 11 is 0. The number of carbonyl (C=O) groups is 2. The third kappa shape index (κ3) is 6.83. The maximum Gasteiger partial charge on any atom is 0.310 e. The van der Waals surface area contributed by atoms with Gasteiger partial charge in [-0.05, 0) is 62.4 Å². The second-order valence-electron chi connectivity index (χ2n) is 5.85. The average Bonchev–Trinajstić information content (AvgIpc) is 2.70. The maximum atomic E-state index is 12.2. The first-order valence-corrected chi connectivity index (χ1v) is 9.02. The van der Waals surface area contributed by atoms with E-state index in [2.05, 4.69) is 5.32 Å². The molecule has 0 saturated carbocycles. The molecular weight excluding hydrogens is 362 g/mol. The summed E-state index contributed by atoms with van der Waals surface area (Å²) in [5.41, 5.74) is 0.596. The molecule has 0 saturated heterocycles. The molecule has 1 N–H and O–H groups in total. The number of rotatable bonds is 10. The van der Waals surface area contributed by atoms with E-state index in [4.69, 9.17) is 18.9 Å². The molecule has 7 heteroatoms. The molecule has 0 aromatic heterocycles. The predicted octanol–water partition coefficient (Wildman–Crippen LogP) is 3.43. The van der Waals surface area contributed by atoms with Crippen LogP contribution in [0.15, 0.2) is 48.5 Å². The molecule has 7 nitrogen and oxygen atoms in total. The lowest BCUT2D eigenvalue weighted by molar-refractivity contribution is -0.153. The van der Waals surface area contributed by atoms with Gasteiger partial charge in [-0.15, -0.1) is 0 Å². The molecule has 1 unspecified atom stereocenters. The minimum Gasteiger partial charge on any atom is -0.497 e. The van der Waals surface area contributed by atoms with Crippen LogP contribution in [0.5, 0.6) is 17.2 Å². The highest BCUT2D eigenvalue weighted by molar-refractivity contribution is 5.95. The van der Waals surface area contributed by atoms with E-state index in [9.17, 15) is 9.59 Å². The lowest BCUT2D eigenvalue weighted by atomic mass is 10.3. The van der Waals surface area contributed by atoms with Gasteiger partial charge in [0.05, 0.1) is 26.7 Å². The molecule has 0 radical (unpaired) electrons. The van der Waals surface area contributed by atoms with Crippen LogP contribution in [0.25, 0.3) is 0 Å². The molecular formula is C21H25NO6. The number of anilines is 1. The standard InChI is InChI=1S/C21H25NO6/c1-4-26-18-7-5-16(6-8-18)22-21(24)15(2)28-20(23)13-14-27-19-11-9-17(25-3)10-12-19/h5-12,15H,4,13-14H2,1-3H3,(H,22,24). The fraction of sp³-hybridized carbons (Fsp3) is 0.333. The molecule has 0 aliphatic heterocycles. The lowest BCUT2D eigenvalue weighted by Crippen LogP contribution is -2.30. The third-order valence-corrected chi connectivity index (χ3v) is 3.74. The number of ether oxygens (including phenoxy) is 4. The number of hydrogen-bond donors (Lipinski definition) is 1. The molecule has 2 rings (SSSR count). The zero-order valence-electron chi connectivity index (χ0n) is 16.3. The van der Waals surface area contributed by atoms with Crippen molar-refractivity contribution >= 4 is 17.6 Å². The quantitative estimate of drug-likeness (QED) is 0.629. The van der Waals surface area contributed by atoms with Crippen LogP contribution in [0.2, 0.25) is 0 Å². The topological polar surface area (TPSA) is 83.1 Å². The smallest absolute Gasteiger partial charge is 0.310 e. The van der Waals surface area contributed by atoms with Gasteiger partial charge in [-0.25, -0.2) is 0 Å². The summed E-state index contributed by atoms with van der Waals surface area (Å²) in [5, 5.41) is 2.69. The Kier molecular flexibility index (Phi) is 8.14. The molecule has 2 aromatic carbocycles. The van der Waals surface area contributed by atoms with Crippen LogP contribution in [0, 0.1) is 0 Å². The summed E-state index contributed by atoms with van der Waals surface area (Å²) < 4.78 is 21.0. The van der Waals surface area contributed by atoms with Crippen molar-refractivity contribution in [2.75, 3.05) is 25.6 Å². The van der Waals surface area contributed by atoms with Crippen molar-refractivity contribution in [3.63, 3.8) is 0 Å². The number of methoxy groups -OCH3 is 1. The van der Waals surface area contributed by atoms with Gasteiger partial charge in [0.25, 0.3) is 5.91 Å². The van der Waals surface area contributed by atoms with Crippen LogP contribution in [0.1, 0.15) is 20.3 Å². The Morgan fingerprint density at radius 3 is 2.11 bits per heavy atom. The monoisotopic (exact) mass is 387 g/mol. The Morgan fingerprint density at radius 2 is 1.50 bits per heavy atom. The first-order chi connectivity index (χ1) is 13.5. The van der Waals surface area contributed by atoms with Crippen molar-refractivity contribution < 1.29 is 28.5 Å². The molecule has 0 aliphatic rings. The molecule has 0 bridgehead atoms. The summed E-state index contributed by atoms with van der Waals surface area (Å²) in [6.45, 7) is 4.14. The normalized spacial score (nSPS) is 11.2. The third-order valence-electron chi connectivity index (χ3n) is 3.74. The molecule has 0 fully saturated rings. The van der Waals surface area contributed by atoms with E-state index >= 15 is 0 Å². The number of amides is 1. The maximum absolute atomic E-state index is 12.2. The van der Waals surface area contributed by atoms with Gasteiger partial charge in [0, 0.05) is 5.69 Å². The SMILES string of the molecule is CCOc1ccc(NC(=O)C(C)OC(=O)CCOc2ccc(OC)cc2)cc1. The van der Waals surface area contributed by atoms with E-state index in [0.717, 1.165) is 11.5 Å². The van der Waals surface area contributed by atoms with Gasteiger partial charge in [0.15, 0.2) is 6.10 Å². The number of nitrogens with one attached hydrogen (secondary N) is 1. The highest BCUT2D eigenvalue weighted by Crippen LogP contribution is 2.18. The fourth-order valence-corrected chi connectivity index (χ4v) is 2.28. The van der Waals surface area contributed by atoms with Gasteiger partial charge in [0.1, 0.15) is 17.2 Å². The van der Waals surface area contributed by atoms with Gasteiger partial charge in [-0.2, -0.15) is 0 Å². The largest absolute Gasteiger partial charge is 0.497 e. The van der Waals surface area contributed by atoms with Gasteiger partial charge >= 0.3 is 5.97 Å². The molecule has 150 valence electrons. The van der Waals surface area contributed by atoms with Crippen LogP contribution in [0.4, 0.5) is 5.69 Å². The molecule has 0 heterocycles. The summed E-state index contributed by atoms with van der Waals surface area (Å²) in [5.74, 6) is 1.14. The number of esters is 1. The van der Waals surface area contributed by atoms with E-state index in [-0.39, 0.29) is 13.0 Å². The number of hydrogen-bond acceptors (Lipinski definition) is 6. The van der Waals surface area contributed by atoms with E-state index < -0.39 is 18.0 Å². The molecule has 2 aromatic rings. The Labute approximate surface area is 164 Å². The highest BCUT2D eigenvalue weighted by Gasteiger charge is 2.18. The van der Waals surface area contributed by atoms with E-state index in [0.29, 0.717) is 18.0 Å². The van der Waals surface area contributed by atoms with E-state index in [1.807, 2.05) is 6.92 Å². The zero-order chi connectivity index (χ0) is 20.4. The Balaban J connectivity index is 1.72. The second-order valence-corrected chi connectivity index (χ2v) is 5.85. The Hall–Kier alpha value is -3.22. The van der Waals surface area contributed by atoms with Crippen LogP contribution in [-0.4, -0.2) is 38.3 Å². The van der Waals surface area contributed by atoms with Crippen molar-refractivity contribution in [2.24, 2.45) is 0 Å². The fourth-order valence-electron chi connectivity index (χ4n) is 2.28. The van der Waals surface area contributed by atoms with Crippen molar-refractivity contribution in [1.29, 1.82) is 0 Å². The average molecular weight is 387 g/mol. The van der Waals surface area contributed by atoms with Crippen LogP contribution >= 0.6 is 0 Å². The van der Waals surface area contributed by atoms with Gasteiger partial charge in [-0.3, -0.25) is 9.59 Å². The molecule has 1 atom stereocenters. The van der Waals surface area contributed by atoms with Crippen LogP contribution in [-0.2, 0) is 14.3 Å². The van der Waals surface area contributed by atoms with Gasteiger partial charge < -0.3 is 24.3 Å². The zero-order valence-corrected chi connectivity index (χ0v) is 16.3. The van der Waals surface area contributed by atoms with Crippen molar-refractivity contribution in [3.8, 4) is 17.2 Å². The number of benzene rings is 2. The van der Waals surface area contributed by atoms with Gasteiger partial charge in [0.2, 0.25) is 0 Å². The first-order valence-electron chi connectivity index (χ1n) is 9.02. The summed E-state index contributed by atoms with van der Waals surface area (Å²) in [6, 6.07) is 14.0. The van der Waals surface area contributed by atoms with Gasteiger partial charge in [-0.1, -0.05) is 0 Å². The molecule has 1 amide bonds. The van der Waals surface area contributed by atoms with Crippen LogP contribution < -0.4 is 19.5 Å². The van der Waals surface area contributed by atoms with E-state index in [1.165, 1.54) is 6.92 Å². The summed E-state index contributed by atoms with van der Waals surface area (Å²) in [7, 11) is 1.58. The minimum atomic E-state index is -0.917. The van der Waals surface area contributed by atoms with E-state index in [1.54, 1.807) is 55.6 Å². The second kappa shape index (κ2) is 10.8. The van der Waals surface area contributed by atoms with Crippen molar-refractivity contribution in [1.82, 2.24) is 0 Å². The molecule has 0 aliphatic carbocycles. The Bertz CT molecular complexity index is 757. The lowest BCUT2D eigenvalue weighted by Gasteiger charge is -2.14. The highest BCUT2D eigenvalue weighted by atomic mass is 16.6. The molecule has 0 spiro atoms. The number of carbonyl (C=O) groups excluding carboxylic acids is 2. The first kappa shape index (κ1) is 21.1. The predicted molar refractivity (Wildman–Crippen MR) is 105 cm³/mol. The Morgan fingerprint density at radius 1 is 0.929 bits per heavy atom. The van der Waals surface area contributed by atoms with Crippen molar-refractivity contribution in [3.05, 3.63) is 48.5 Å². The minimum absolute atomic E-state index is 0.0344. The summed E-state index contributed by atoms with van der Waals surface area (Å²) in [6.07, 6.45) is -0.882. The van der Waals surface area contributed by atoms with Crippen molar-refractivity contribution in [2.45, 2.75) is 26.4 Å².